The Kier molecular flexibility index (Phi) is 3.45. The summed E-state index contributed by atoms with van der Waals surface area (Å²) in [4.78, 5) is 9.35. The van der Waals surface area contributed by atoms with Gasteiger partial charge in [-0.05, 0) is 19.3 Å². The second-order valence-corrected chi connectivity index (χ2v) is 5.07. The van der Waals surface area contributed by atoms with Crippen molar-refractivity contribution in [2.45, 2.75) is 32.1 Å². The summed E-state index contributed by atoms with van der Waals surface area (Å²) in [6.07, 6.45) is 3.63. The molecule has 0 aliphatic heterocycles. The van der Waals surface area contributed by atoms with Crippen LogP contribution in [-0.2, 0) is 0 Å². The number of anilines is 1. The average Bonchev–Trinajstić information content (AvgIpc) is 3.30. The number of aromatic nitrogens is 2. The topological polar surface area (TPSA) is 37.8 Å². The lowest BCUT2D eigenvalue weighted by atomic mass is 10.2. The van der Waals surface area contributed by atoms with E-state index in [1.807, 2.05) is 18.2 Å². The highest BCUT2D eigenvalue weighted by atomic mass is 15.0. The second-order valence-electron chi connectivity index (χ2n) is 5.07. The first-order valence-electron chi connectivity index (χ1n) is 7.05. The maximum atomic E-state index is 4.72. The molecule has 0 atom stereocenters. The lowest BCUT2D eigenvalue weighted by Crippen LogP contribution is -2.05. The lowest BCUT2D eigenvalue weighted by Gasteiger charge is -2.09. The minimum atomic E-state index is 0.646. The molecule has 19 heavy (non-hydrogen) atoms. The summed E-state index contributed by atoms with van der Waals surface area (Å²) < 4.78 is 0. The van der Waals surface area contributed by atoms with Crippen LogP contribution in [0.4, 0.5) is 5.82 Å². The van der Waals surface area contributed by atoms with E-state index in [4.69, 9.17) is 4.98 Å². The van der Waals surface area contributed by atoms with Crippen LogP contribution >= 0.6 is 0 Å². The second kappa shape index (κ2) is 5.39. The molecule has 1 aromatic heterocycles. The molecule has 1 N–H and O–H groups in total. The van der Waals surface area contributed by atoms with Crippen molar-refractivity contribution in [3.8, 4) is 11.4 Å². The van der Waals surface area contributed by atoms with Crippen molar-refractivity contribution in [3.05, 3.63) is 42.1 Å². The first kappa shape index (κ1) is 12.2. The van der Waals surface area contributed by atoms with E-state index in [0.717, 1.165) is 30.2 Å². The Hall–Kier alpha value is -1.90. The molecule has 1 heterocycles. The van der Waals surface area contributed by atoms with Gasteiger partial charge in [0.2, 0.25) is 0 Å². The summed E-state index contributed by atoms with van der Waals surface area (Å²) in [6.45, 7) is 3.11. The highest BCUT2D eigenvalue weighted by molar-refractivity contribution is 5.57. The molecule has 98 valence electrons. The number of nitrogens with zero attached hydrogens (tertiary/aromatic N) is 2. The Morgan fingerprint density at radius 2 is 1.95 bits per heavy atom. The summed E-state index contributed by atoms with van der Waals surface area (Å²) in [5.74, 6) is 2.44. The Morgan fingerprint density at radius 3 is 2.63 bits per heavy atom. The van der Waals surface area contributed by atoms with Crippen LogP contribution in [0.5, 0.6) is 0 Å². The minimum Gasteiger partial charge on any atom is -0.370 e. The quantitative estimate of drug-likeness (QED) is 0.879. The van der Waals surface area contributed by atoms with Gasteiger partial charge < -0.3 is 5.32 Å². The first-order chi connectivity index (χ1) is 9.36. The molecular weight excluding hydrogens is 234 g/mol. The normalized spacial score (nSPS) is 14.4. The molecule has 0 unspecified atom stereocenters. The minimum absolute atomic E-state index is 0.646. The van der Waals surface area contributed by atoms with E-state index in [2.05, 4.69) is 35.4 Å². The first-order valence-corrected chi connectivity index (χ1v) is 7.05. The molecule has 0 amide bonds. The van der Waals surface area contributed by atoms with Crippen molar-refractivity contribution in [1.82, 2.24) is 9.97 Å². The van der Waals surface area contributed by atoms with E-state index >= 15 is 0 Å². The fourth-order valence-electron chi connectivity index (χ4n) is 2.11. The van der Waals surface area contributed by atoms with Gasteiger partial charge in [-0.15, -0.1) is 0 Å². The monoisotopic (exact) mass is 253 g/mol. The molecule has 1 aliphatic carbocycles. The molecule has 0 saturated heterocycles. The smallest absolute Gasteiger partial charge is 0.161 e. The molecule has 1 aromatic carbocycles. The van der Waals surface area contributed by atoms with Crippen molar-refractivity contribution in [2.24, 2.45) is 0 Å². The van der Waals surface area contributed by atoms with Gasteiger partial charge in [0, 0.05) is 29.8 Å². The van der Waals surface area contributed by atoms with E-state index in [9.17, 15) is 0 Å². The van der Waals surface area contributed by atoms with Gasteiger partial charge in [-0.2, -0.15) is 0 Å². The van der Waals surface area contributed by atoms with Crippen LogP contribution in [0.1, 0.15) is 37.8 Å². The van der Waals surface area contributed by atoms with Gasteiger partial charge in [0.1, 0.15) is 5.82 Å². The Morgan fingerprint density at radius 1 is 1.16 bits per heavy atom. The predicted octanol–water partition coefficient (Wildman–Crippen LogP) is 3.84. The molecular formula is C16H19N3. The molecule has 1 aliphatic rings. The third-order valence-electron chi connectivity index (χ3n) is 3.33. The molecule has 3 rings (SSSR count). The number of benzene rings is 1. The van der Waals surface area contributed by atoms with E-state index in [1.165, 1.54) is 18.5 Å². The maximum Gasteiger partial charge on any atom is 0.161 e. The molecule has 0 spiro atoms. The van der Waals surface area contributed by atoms with Crippen molar-refractivity contribution >= 4 is 5.82 Å². The van der Waals surface area contributed by atoms with Gasteiger partial charge in [0.25, 0.3) is 0 Å². The Balaban J connectivity index is 1.96. The summed E-state index contributed by atoms with van der Waals surface area (Å²) in [5, 5.41) is 3.38. The molecule has 3 heteroatoms. The molecule has 1 saturated carbocycles. The van der Waals surface area contributed by atoms with Crippen LogP contribution in [-0.4, -0.2) is 16.5 Å². The summed E-state index contributed by atoms with van der Waals surface area (Å²) in [6, 6.07) is 12.3. The zero-order valence-electron chi connectivity index (χ0n) is 11.3. The summed E-state index contributed by atoms with van der Waals surface area (Å²) >= 11 is 0. The average molecular weight is 253 g/mol. The van der Waals surface area contributed by atoms with Gasteiger partial charge in [-0.25, -0.2) is 9.97 Å². The van der Waals surface area contributed by atoms with Crippen LogP contribution in [0.15, 0.2) is 36.4 Å². The van der Waals surface area contributed by atoms with Crippen LogP contribution in [0.3, 0.4) is 0 Å². The molecule has 2 aromatic rings. The third-order valence-corrected chi connectivity index (χ3v) is 3.33. The van der Waals surface area contributed by atoms with Crippen LogP contribution in [0.2, 0.25) is 0 Å². The van der Waals surface area contributed by atoms with Crippen molar-refractivity contribution in [2.75, 3.05) is 11.9 Å². The number of hydrogen-bond donors (Lipinski definition) is 1. The fourth-order valence-corrected chi connectivity index (χ4v) is 2.11. The molecule has 0 radical (unpaired) electrons. The highest BCUT2D eigenvalue weighted by Crippen LogP contribution is 2.40. The van der Waals surface area contributed by atoms with Gasteiger partial charge in [0.05, 0.1) is 0 Å². The van der Waals surface area contributed by atoms with Gasteiger partial charge in [0.15, 0.2) is 5.82 Å². The van der Waals surface area contributed by atoms with Crippen LogP contribution < -0.4 is 5.32 Å². The van der Waals surface area contributed by atoms with E-state index in [1.54, 1.807) is 0 Å². The third kappa shape index (κ3) is 2.92. The Bertz CT molecular complexity index is 547. The van der Waals surface area contributed by atoms with E-state index in [0.29, 0.717) is 5.92 Å². The van der Waals surface area contributed by atoms with Crippen LogP contribution in [0.25, 0.3) is 11.4 Å². The zero-order valence-corrected chi connectivity index (χ0v) is 11.3. The van der Waals surface area contributed by atoms with E-state index in [-0.39, 0.29) is 0 Å². The number of hydrogen-bond acceptors (Lipinski definition) is 3. The van der Waals surface area contributed by atoms with Crippen LogP contribution in [0, 0.1) is 0 Å². The number of nitrogens with one attached hydrogen (secondary N) is 1. The van der Waals surface area contributed by atoms with E-state index < -0.39 is 0 Å². The Labute approximate surface area is 114 Å². The predicted molar refractivity (Wildman–Crippen MR) is 78.2 cm³/mol. The fraction of sp³-hybridized carbons (Fsp3) is 0.375. The van der Waals surface area contributed by atoms with Gasteiger partial charge in [-0.1, -0.05) is 37.3 Å². The molecule has 3 nitrogen and oxygen atoms in total. The largest absolute Gasteiger partial charge is 0.370 e. The molecule has 1 fully saturated rings. The standard InChI is InChI=1S/C16H19N3/c1-2-10-17-15-11-14(12-8-9-12)18-16(19-15)13-6-4-3-5-7-13/h3-7,11-12H,2,8-10H2,1H3,(H,17,18,19). The van der Waals surface area contributed by atoms with Crippen molar-refractivity contribution in [3.63, 3.8) is 0 Å². The van der Waals surface area contributed by atoms with Gasteiger partial charge in [-0.3, -0.25) is 0 Å². The SMILES string of the molecule is CCCNc1cc(C2CC2)nc(-c2ccccc2)n1. The van der Waals surface area contributed by atoms with Crippen molar-refractivity contribution in [1.29, 1.82) is 0 Å². The van der Waals surface area contributed by atoms with Crippen molar-refractivity contribution < 1.29 is 0 Å². The summed E-state index contributed by atoms with van der Waals surface area (Å²) in [5.41, 5.74) is 2.28. The lowest BCUT2D eigenvalue weighted by molar-refractivity contribution is 0.948. The highest BCUT2D eigenvalue weighted by Gasteiger charge is 2.26. The maximum absolute atomic E-state index is 4.72. The summed E-state index contributed by atoms with van der Waals surface area (Å²) in [7, 11) is 0. The number of rotatable bonds is 5. The zero-order chi connectivity index (χ0) is 13.1. The molecule has 0 bridgehead atoms. The van der Waals surface area contributed by atoms with Gasteiger partial charge >= 0.3 is 0 Å².